The van der Waals surface area contributed by atoms with Crippen LogP contribution in [0.15, 0.2) is 61.2 Å². The quantitative estimate of drug-likeness (QED) is 0.656. The number of hydrogen-bond acceptors (Lipinski definition) is 2. The van der Waals surface area contributed by atoms with Gasteiger partial charge in [0.15, 0.2) is 0 Å². The first kappa shape index (κ1) is 15.7. The van der Waals surface area contributed by atoms with Crippen LogP contribution in [0.5, 0.6) is 0 Å². The van der Waals surface area contributed by atoms with E-state index in [9.17, 15) is 9.18 Å². The number of imidazole rings is 1. The molecule has 0 aliphatic heterocycles. The molecule has 0 radical (unpaired) electrons. The van der Waals surface area contributed by atoms with Crippen LogP contribution >= 0.6 is 22.6 Å². The van der Waals surface area contributed by atoms with Crippen LogP contribution in [0.3, 0.4) is 0 Å². The lowest BCUT2D eigenvalue weighted by molar-refractivity contribution is 0.0951. The van der Waals surface area contributed by atoms with Crippen molar-refractivity contribution < 1.29 is 9.18 Å². The average Bonchev–Trinajstić information content (AvgIpc) is 3.07. The number of aromatic nitrogens is 2. The van der Waals surface area contributed by atoms with Crippen LogP contribution < -0.4 is 5.32 Å². The summed E-state index contributed by atoms with van der Waals surface area (Å²) in [5.74, 6) is -0.537. The molecule has 1 aromatic heterocycles. The summed E-state index contributed by atoms with van der Waals surface area (Å²) >= 11 is 2.18. The molecule has 23 heavy (non-hydrogen) atoms. The normalized spacial score (nSPS) is 10.5. The highest BCUT2D eigenvalue weighted by atomic mass is 127. The highest BCUT2D eigenvalue weighted by Gasteiger charge is 2.08. The summed E-state index contributed by atoms with van der Waals surface area (Å²) in [6, 6.07) is 12.1. The van der Waals surface area contributed by atoms with E-state index in [1.807, 2.05) is 12.1 Å². The molecule has 116 valence electrons. The van der Waals surface area contributed by atoms with Crippen molar-refractivity contribution in [3.63, 3.8) is 0 Å². The van der Waals surface area contributed by atoms with Gasteiger partial charge >= 0.3 is 0 Å². The third kappa shape index (κ3) is 3.76. The second-order valence-corrected chi connectivity index (χ2v) is 6.19. The van der Waals surface area contributed by atoms with Gasteiger partial charge in [0.2, 0.25) is 0 Å². The summed E-state index contributed by atoms with van der Waals surface area (Å²) in [4.78, 5) is 15.9. The van der Waals surface area contributed by atoms with Gasteiger partial charge in [-0.1, -0.05) is 6.07 Å². The molecule has 2 aromatic carbocycles. The van der Waals surface area contributed by atoms with Crippen LogP contribution in [0.2, 0.25) is 0 Å². The topological polar surface area (TPSA) is 46.9 Å². The fourth-order valence-electron chi connectivity index (χ4n) is 2.16. The number of benzene rings is 2. The van der Waals surface area contributed by atoms with Gasteiger partial charge in [0.25, 0.3) is 5.91 Å². The molecule has 0 fully saturated rings. The zero-order valence-electron chi connectivity index (χ0n) is 12.0. The van der Waals surface area contributed by atoms with Crippen molar-refractivity contribution in [2.75, 3.05) is 0 Å². The Bertz CT molecular complexity index is 816. The molecular formula is C17H13FIN3O. The van der Waals surface area contributed by atoms with E-state index in [4.69, 9.17) is 0 Å². The number of carbonyl (C=O) groups is 1. The molecule has 1 heterocycles. The zero-order chi connectivity index (χ0) is 16.2. The number of halogens is 2. The Balaban J connectivity index is 1.68. The predicted octanol–water partition coefficient (Wildman–Crippen LogP) is 3.55. The molecule has 1 N–H and O–H groups in total. The van der Waals surface area contributed by atoms with E-state index < -0.39 is 0 Å². The number of hydrogen-bond donors (Lipinski definition) is 1. The molecule has 0 atom stereocenters. The SMILES string of the molecule is O=C(NCc1ccc(-n2ccnc2)c(F)c1)c1ccc(I)cc1. The molecular weight excluding hydrogens is 408 g/mol. The molecule has 3 rings (SSSR count). The third-order valence-electron chi connectivity index (χ3n) is 3.35. The first-order valence-electron chi connectivity index (χ1n) is 6.94. The summed E-state index contributed by atoms with van der Waals surface area (Å²) < 4.78 is 16.8. The van der Waals surface area contributed by atoms with Crippen molar-refractivity contribution in [1.82, 2.24) is 14.9 Å². The van der Waals surface area contributed by atoms with Gasteiger partial charge in [-0.25, -0.2) is 9.37 Å². The molecule has 0 saturated carbocycles. The maximum atomic E-state index is 14.1. The highest BCUT2D eigenvalue weighted by Crippen LogP contribution is 2.15. The lowest BCUT2D eigenvalue weighted by Gasteiger charge is -2.08. The Morgan fingerprint density at radius 1 is 1.22 bits per heavy atom. The van der Waals surface area contributed by atoms with Gasteiger partial charge in [0, 0.05) is 28.1 Å². The van der Waals surface area contributed by atoms with Crippen LogP contribution in [-0.4, -0.2) is 15.5 Å². The van der Waals surface area contributed by atoms with Crippen molar-refractivity contribution in [2.45, 2.75) is 6.54 Å². The van der Waals surface area contributed by atoms with Gasteiger partial charge in [0.05, 0.1) is 12.0 Å². The highest BCUT2D eigenvalue weighted by molar-refractivity contribution is 14.1. The van der Waals surface area contributed by atoms with Crippen molar-refractivity contribution in [3.8, 4) is 5.69 Å². The minimum atomic E-state index is -0.357. The molecule has 0 spiro atoms. The molecule has 0 unspecified atom stereocenters. The second-order valence-electron chi connectivity index (χ2n) is 4.95. The maximum Gasteiger partial charge on any atom is 0.251 e. The van der Waals surface area contributed by atoms with Crippen LogP contribution in [0.4, 0.5) is 4.39 Å². The van der Waals surface area contributed by atoms with E-state index in [0.29, 0.717) is 16.8 Å². The molecule has 1 amide bonds. The van der Waals surface area contributed by atoms with E-state index in [2.05, 4.69) is 32.9 Å². The monoisotopic (exact) mass is 421 g/mol. The van der Waals surface area contributed by atoms with Crippen molar-refractivity contribution >= 4 is 28.5 Å². The summed E-state index contributed by atoms with van der Waals surface area (Å²) in [6.07, 6.45) is 4.81. The fourth-order valence-corrected chi connectivity index (χ4v) is 2.52. The van der Waals surface area contributed by atoms with Crippen molar-refractivity contribution in [2.24, 2.45) is 0 Å². The van der Waals surface area contributed by atoms with Gasteiger partial charge in [-0.3, -0.25) is 4.79 Å². The standard InChI is InChI=1S/C17H13FIN3O/c18-15-9-12(1-6-16(15)22-8-7-20-11-22)10-21-17(23)13-2-4-14(19)5-3-13/h1-9,11H,10H2,(H,21,23). The van der Waals surface area contributed by atoms with E-state index in [1.54, 1.807) is 41.2 Å². The van der Waals surface area contributed by atoms with Crippen molar-refractivity contribution in [1.29, 1.82) is 0 Å². The summed E-state index contributed by atoms with van der Waals surface area (Å²) in [5.41, 5.74) is 1.71. The van der Waals surface area contributed by atoms with Crippen LogP contribution in [-0.2, 0) is 6.54 Å². The molecule has 3 aromatic rings. The minimum absolute atomic E-state index is 0.180. The fraction of sp³-hybridized carbons (Fsp3) is 0.0588. The lowest BCUT2D eigenvalue weighted by Crippen LogP contribution is -2.22. The number of nitrogens with one attached hydrogen (secondary N) is 1. The Morgan fingerprint density at radius 2 is 2.00 bits per heavy atom. The minimum Gasteiger partial charge on any atom is -0.348 e. The lowest BCUT2D eigenvalue weighted by atomic mass is 10.1. The summed E-state index contributed by atoms with van der Waals surface area (Å²) in [6.45, 7) is 0.270. The zero-order valence-corrected chi connectivity index (χ0v) is 14.2. The summed E-state index contributed by atoms with van der Waals surface area (Å²) in [7, 11) is 0. The van der Waals surface area contributed by atoms with Crippen molar-refractivity contribution in [3.05, 3.63) is 81.7 Å². The molecule has 0 bridgehead atoms. The van der Waals surface area contributed by atoms with Gasteiger partial charge in [-0.05, 0) is 64.6 Å². The predicted molar refractivity (Wildman–Crippen MR) is 93.9 cm³/mol. The summed E-state index contributed by atoms with van der Waals surface area (Å²) in [5, 5.41) is 2.79. The average molecular weight is 421 g/mol. The maximum absolute atomic E-state index is 14.1. The second kappa shape index (κ2) is 6.91. The first-order valence-corrected chi connectivity index (χ1v) is 8.02. The van der Waals surface area contributed by atoms with Crippen LogP contribution in [0.1, 0.15) is 15.9 Å². The number of nitrogens with zero attached hydrogens (tertiary/aromatic N) is 2. The Morgan fingerprint density at radius 3 is 2.65 bits per heavy atom. The van der Waals surface area contributed by atoms with Gasteiger partial charge < -0.3 is 9.88 Å². The first-order chi connectivity index (χ1) is 11.1. The number of carbonyl (C=O) groups excluding carboxylic acids is 1. The van der Waals surface area contributed by atoms with E-state index >= 15 is 0 Å². The smallest absolute Gasteiger partial charge is 0.251 e. The molecule has 6 heteroatoms. The van der Waals surface area contributed by atoms with Crippen LogP contribution in [0.25, 0.3) is 5.69 Å². The Labute approximate surface area is 146 Å². The van der Waals surface area contributed by atoms with Gasteiger partial charge in [0.1, 0.15) is 5.82 Å². The molecule has 0 aliphatic carbocycles. The van der Waals surface area contributed by atoms with E-state index in [0.717, 1.165) is 3.57 Å². The Kier molecular flexibility index (Phi) is 4.71. The van der Waals surface area contributed by atoms with Crippen LogP contribution in [0, 0.1) is 9.39 Å². The molecule has 4 nitrogen and oxygen atoms in total. The van der Waals surface area contributed by atoms with E-state index in [1.165, 1.54) is 12.4 Å². The third-order valence-corrected chi connectivity index (χ3v) is 4.07. The molecule has 0 aliphatic rings. The van der Waals surface area contributed by atoms with E-state index in [-0.39, 0.29) is 18.3 Å². The number of rotatable bonds is 4. The number of amides is 1. The largest absolute Gasteiger partial charge is 0.348 e. The Hall–Kier alpha value is -2.22. The molecule has 0 saturated heterocycles. The van der Waals surface area contributed by atoms with Gasteiger partial charge in [-0.2, -0.15) is 0 Å². The van der Waals surface area contributed by atoms with Gasteiger partial charge in [-0.15, -0.1) is 0 Å².